The Morgan fingerprint density at radius 1 is 1.22 bits per heavy atom. The van der Waals surface area contributed by atoms with Gasteiger partial charge in [0.25, 0.3) is 0 Å². The number of pyridine rings is 1. The Morgan fingerprint density at radius 3 is 2.65 bits per heavy atom. The minimum atomic E-state index is 0.689. The van der Waals surface area contributed by atoms with Gasteiger partial charge in [0, 0.05) is 44.6 Å². The standard InChI is InChI=1S/C16H15N3O.C2H6O/c20-11-12-5-6-18(7-12)9-15-10-19-8-14(13-1-2-13)3-4-16(19)17-15;1-3-2/h3-8,10-11,13H,1-2,9H2;1-2H3. The van der Waals surface area contributed by atoms with Crippen LogP contribution in [0, 0.1) is 0 Å². The first-order valence-electron chi connectivity index (χ1n) is 7.72. The van der Waals surface area contributed by atoms with E-state index < -0.39 is 0 Å². The summed E-state index contributed by atoms with van der Waals surface area (Å²) in [6.07, 6.45) is 11.5. The molecule has 0 aromatic carbocycles. The van der Waals surface area contributed by atoms with Crippen LogP contribution in [0.4, 0.5) is 0 Å². The van der Waals surface area contributed by atoms with Gasteiger partial charge >= 0.3 is 0 Å². The molecule has 3 aromatic heterocycles. The van der Waals surface area contributed by atoms with Crippen molar-refractivity contribution in [3.63, 3.8) is 0 Å². The lowest BCUT2D eigenvalue weighted by molar-refractivity contribution is 0.112. The maximum Gasteiger partial charge on any atom is 0.151 e. The molecule has 0 N–H and O–H groups in total. The van der Waals surface area contributed by atoms with Gasteiger partial charge in [0.15, 0.2) is 6.29 Å². The quantitative estimate of drug-likeness (QED) is 0.696. The summed E-state index contributed by atoms with van der Waals surface area (Å²) >= 11 is 0. The highest BCUT2D eigenvalue weighted by atomic mass is 16.4. The van der Waals surface area contributed by atoms with Gasteiger partial charge in [0.05, 0.1) is 12.2 Å². The predicted molar refractivity (Wildman–Crippen MR) is 89.0 cm³/mol. The molecule has 0 amide bonds. The predicted octanol–water partition coefficient (Wildman–Crippen LogP) is 3.14. The summed E-state index contributed by atoms with van der Waals surface area (Å²) in [6.45, 7) is 0.689. The van der Waals surface area contributed by atoms with Gasteiger partial charge in [0.1, 0.15) is 5.65 Å². The van der Waals surface area contributed by atoms with Gasteiger partial charge in [-0.1, -0.05) is 6.07 Å². The Labute approximate surface area is 135 Å². The van der Waals surface area contributed by atoms with Crippen LogP contribution in [-0.4, -0.2) is 34.5 Å². The van der Waals surface area contributed by atoms with Crippen molar-refractivity contribution in [1.82, 2.24) is 14.0 Å². The molecular formula is C18H21N3O2. The Hall–Kier alpha value is -2.40. The molecule has 0 unspecified atom stereocenters. The summed E-state index contributed by atoms with van der Waals surface area (Å²) < 4.78 is 8.33. The molecule has 0 saturated heterocycles. The Kier molecular flexibility index (Phi) is 4.57. The smallest absolute Gasteiger partial charge is 0.151 e. The number of imidazole rings is 1. The second-order valence-electron chi connectivity index (χ2n) is 5.88. The number of hydrogen-bond donors (Lipinski definition) is 0. The van der Waals surface area contributed by atoms with Crippen LogP contribution < -0.4 is 0 Å². The molecule has 120 valence electrons. The molecule has 0 bridgehead atoms. The van der Waals surface area contributed by atoms with Crippen molar-refractivity contribution in [2.75, 3.05) is 14.2 Å². The highest BCUT2D eigenvalue weighted by Gasteiger charge is 2.23. The Bertz CT molecular complexity index is 800. The van der Waals surface area contributed by atoms with E-state index in [-0.39, 0.29) is 0 Å². The first kappa shape index (κ1) is 15.5. The molecule has 3 heterocycles. The van der Waals surface area contributed by atoms with Crippen molar-refractivity contribution in [3.8, 4) is 0 Å². The largest absolute Gasteiger partial charge is 0.388 e. The molecule has 1 aliphatic carbocycles. The van der Waals surface area contributed by atoms with Crippen LogP contribution >= 0.6 is 0 Å². The van der Waals surface area contributed by atoms with Crippen LogP contribution in [-0.2, 0) is 11.3 Å². The second kappa shape index (κ2) is 6.79. The summed E-state index contributed by atoms with van der Waals surface area (Å²) in [5.41, 5.74) is 4.09. The summed E-state index contributed by atoms with van der Waals surface area (Å²) in [5, 5.41) is 0. The van der Waals surface area contributed by atoms with Crippen molar-refractivity contribution < 1.29 is 9.53 Å². The molecule has 3 aromatic rings. The van der Waals surface area contributed by atoms with Crippen LogP contribution in [0.1, 0.15) is 40.4 Å². The van der Waals surface area contributed by atoms with E-state index in [9.17, 15) is 4.79 Å². The SMILES string of the molecule is COC.O=Cc1ccn(Cc2cn3cc(C4CC4)ccc3n2)c1. The first-order chi connectivity index (χ1) is 11.2. The minimum absolute atomic E-state index is 0.689. The van der Waals surface area contributed by atoms with Crippen LogP contribution in [0.25, 0.3) is 5.65 Å². The summed E-state index contributed by atoms with van der Waals surface area (Å²) in [7, 11) is 3.25. The lowest BCUT2D eigenvalue weighted by Crippen LogP contribution is -1.96. The average Bonchev–Trinajstić information content (AvgIpc) is 3.17. The summed E-state index contributed by atoms with van der Waals surface area (Å²) in [5.74, 6) is 0.754. The fraction of sp³-hybridized carbons (Fsp3) is 0.333. The molecule has 4 rings (SSSR count). The fourth-order valence-electron chi connectivity index (χ4n) is 2.61. The molecule has 0 spiro atoms. The fourth-order valence-corrected chi connectivity index (χ4v) is 2.61. The molecule has 5 heteroatoms. The van der Waals surface area contributed by atoms with Gasteiger partial charge < -0.3 is 13.7 Å². The highest BCUT2D eigenvalue weighted by Crippen LogP contribution is 2.39. The number of aldehydes is 1. The van der Waals surface area contributed by atoms with Crippen LogP contribution in [0.15, 0.2) is 43.0 Å². The second-order valence-corrected chi connectivity index (χ2v) is 5.88. The Morgan fingerprint density at radius 2 is 2.00 bits per heavy atom. The zero-order valence-electron chi connectivity index (χ0n) is 13.5. The van der Waals surface area contributed by atoms with Gasteiger partial charge in [-0.3, -0.25) is 4.79 Å². The van der Waals surface area contributed by atoms with Gasteiger partial charge in [-0.05, 0) is 36.5 Å². The van der Waals surface area contributed by atoms with E-state index in [0.29, 0.717) is 12.1 Å². The molecule has 23 heavy (non-hydrogen) atoms. The van der Waals surface area contributed by atoms with Gasteiger partial charge in [-0.15, -0.1) is 0 Å². The van der Waals surface area contributed by atoms with E-state index in [1.54, 1.807) is 14.2 Å². The molecule has 1 fully saturated rings. The van der Waals surface area contributed by atoms with Crippen LogP contribution in [0.5, 0.6) is 0 Å². The third-order valence-electron chi connectivity index (χ3n) is 3.83. The third-order valence-corrected chi connectivity index (χ3v) is 3.83. The summed E-state index contributed by atoms with van der Waals surface area (Å²) in [6, 6.07) is 6.08. The number of hydrogen-bond acceptors (Lipinski definition) is 3. The lowest BCUT2D eigenvalue weighted by Gasteiger charge is -1.98. The Balaban J connectivity index is 0.000000485. The van der Waals surface area contributed by atoms with Crippen molar-refractivity contribution in [2.45, 2.75) is 25.3 Å². The molecule has 5 nitrogen and oxygen atoms in total. The molecule has 1 aliphatic rings. The van der Waals surface area contributed by atoms with Crippen molar-refractivity contribution in [1.29, 1.82) is 0 Å². The molecule has 1 saturated carbocycles. The highest BCUT2D eigenvalue weighted by molar-refractivity contribution is 5.74. The zero-order chi connectivity index (χ0) is 16.2. The first-order valence-corrected chi connectivity index (χ1v) is 7.72. The van der Waals surface area contributed by atoms with E-state index in [0.717, 1.165) is 23.5 Å². The van der Waals surface area contributed by atoms with E-state index in [2.05, 4.69) is 38.6 Å². The van der Waals surface area contributed by atoms with Crippen molar-refractivity contribution in [3.05, 3.63) is 59.8 Å². The normalized spacial score (nSPS) is 13.7. The maximum absolute atomic E-state index is 10.7. The molecule has 0 atom stereocenters. The number of nitrogens with zero attached hydrogens (tertiary/aromatic N) is 3. The number of aromatic nitrogens is 3. The molecule has 0 radical (unpaired) electrons. The average molecular weight is 311 g/mol. The molecular weight excluding hydrogens is 290 g/mol. The molecule has 0 aliphatic heterocycles. The van der Waals surface area contributed by atoms with Gasteiger partial charge in [-0.2, -0.15) is 0 Å². The van der Waals surface area contributed by atoms with E-state index in [4.69, 9.17) is 0 Å². The zero-order valence-corrected chi connectivity index (χ0v) is 13.5. The maximum atomic E-state index is 10.7. The topological polar surface area (TPSA) is 48.5 Å². The third kappa shape index (κ3) is 3.68. The monoisotopic (exact) mass is 311 g/mol. The van der Waals surface area contributed by atoms with E-state index in [1.807, 2.05) is 23.0 Å². The lowest BCUT2D eigenvalue weighted by atomic mass is 10.2. The number of carbonyl (C=O) groups is 1. The number of ether oxygens (including phenoxy) is 1. The number of fused-ring (bicyclic) bond motifs is 1. The van der Waals surface area contributed by atoms with Gasteiger partial charge in [-0.25, -0.2) is 4.98 Å². The van der Waals surface area contributed by atoms with Crippen LogP contribution in [0.3, 0.4) is 0 Å². The van der Waals surface area contributed by atoms with Crippen LogP contribution in [0.2, 0.25) is 0 Å². The number of rotatable bonds is 4. The minimum Gasteiger partial charge on any atom is -0.388 e. The van der Waals surface area contributed by atoms with E-state index in [1.165, 1.54) is 18.4 Å². The van der Waals surface area contributed by atoms with Crippen molar-refractivity contribution in [2.24, 2.45) is 0 Å². The van der Waals surface area contributed by atoms with Gasteiger partial charge in [0.2, 0.25) is 0 Å². The van der Waals surface area contributed by atoms with E-state index >= 15 is 0 Å². The number of methoxy groups -OCH3 is 1. The summed E-state index contributed by atoms with van der Waals surface area (Å²) in [4.78, 5) is 15.3. The number of carbonyl (C=O) groups excluding carboxylic acids is 1. The van der Waals surface area contributed by atoms with Crippen molar-refractivity contribution >= 4 is 11.9 Å².